The van der Waals surface area contributed by atoms with Gasteiger partial charge in [-0.25, -0.2) is 4.21 Å². The molecule has 0 fully saturated rings. The van der Waals surface area contributed by atoms with Crippen molar-refractivity contribution in [2.45, 2.75) is 31.8 Å². The van der Waals surface area contributed by atoms with Gasteiger partial charge in [-0.15, -0.1) is 0 Å². The van der Waals surface area contributed by atoms with Gasteiger partial charge in [-0.1, -0.05) is 39.0 Å². The van der Waals surface area contributed by atoms with E-state index in [1.54, 1.807) is 0 Å². The van der Waals surface area contributed by atoms with Crippen LogP contribution in [0.1, 0.15) is 32.4 Å². The Morgan fingerprint density at radius 2 is 1.93 bits per heavy atom. The van der Waals surface area contributed by atoms with Gasteiger partial charge in [-0.2, -0.15) is 0 Å². The van der Waals surface area contributed by atoms with Crippen LogP contribution in [0.3, 0.4) is 0 Å². The molecule has 2 unspecified atom stereocenters. The summed E-state index contributed by atoms with van der Waals surface area (Å²) in [7, 11) is 0. The Morgan fingerprint density at radius 1 is 1.29 bits per heavy atom. The van der Waals surface area contributed by atoms with Gasteiger partial charge >= 0.3 is 0 Å². The van der Waals surface area contributed by atoms with Crippen LogP contribution in [0.2, 0.25) is 0 Å². The SMILES string of the molecule is CC(C)(C)C1OS(=O)c2ccccc21. The first-order valence-corrected chi connectivity index (χ1v) is 5.75. The molecule has 1 aliphatic heterocycles. The molecule has 1 aliphatic rings. The minimum atomic E-state index is -1.27. The average molecular weight is 210 g/mol. The number of fused-ring (bicyclic) bond motifs is 1. The molecule has 76 valence electrons. The summed E-state index contributed by atoms with van der Waals surface area (Å²) < 4.78 is 17.1. The molecule has 1 aromatic carbocycles. The molecule has 0 saturated carbocycles. The lowest BCUT2D eigenvalue weighted by molar-refractivity contribution is 0.111. The van der Waals surface area contributed by atoms with Crippen LogP contribution in [-0.2, 0) is 15.3 Å². The first kappa shape index (κ1) is 9.87. The van der Waals surface area contributed by atoms with Crippen molar-refractivity contribution in [3.05, 3.63) is 29.8 Å². The van der Waals surface area contributed by atoms with E-state index < -0.39 is 11.1 Å². The maximum absolute atomic E-state index is 11.6. The highest BCUT2D eigenvalue weighted by Crippen LogP contribution is 2.44. The van der Waals surface area contributed by atoms with Crippen molar-refractivity contribution < 1.29 is 8.39 Å². The summed E-state index contributed by atoms with van der Waals surface area (Å²) in [5, 5.41) is 0. The van der Waals surface area contributed by atoms with Crippen LogP contribution in [0, 0.1) is 5.41 Å². The summed E-state index contributed by atoms with van der Waals surface area (Å²) >= 11 is -1.27. The zero-order chi connectivity index (χ0) is 10.3. The Hall–Kier alpha value is -0.670. The maximum atomic E-state index is 11.6. The molecule has 2 atom stereocenters. The number of hydrogen-bond acceptors (Lipinski definition) is 2. The smallest absolute Gasteiger partial charge is 0.190 e. The Balaban J connectivity index is 2.50. The Kier molecular flexibility index (Phi) is 2.24. The van der Waals surface area contributed by atoms with Crippen molar-refractivity contribution >= 4 is 11.1 Å². The molecule has 3 heteroatoms. The summed E-state index contributed by atoms with van der Waals surface area (Å²) in [5.74, 6) is 0. The molecule has 1 aromatic rings. The fraction of sp³-hybridized carbons (Fsp3) is 0.455. The number of rotatable bonds is 0. The van der Waals surface area contributed by atoms with Gasteiger partial charge in [0.2, 0.25) is 0 Å². The van der Waals surface area contributed by atoms with Crippen molar-refractivity contribution in [3.8, 4) is 0 Å². The van der Waals surface area contributed by atoms with Crippen LogP contribution in [0.4, 0.5) is 0 Å². The zero-order valence-electron chi connectivity index (χ0n) is 8.61. The van der Waals surface area contributed by atoms with Gasteiger partial charge in [0.1, 0.15) is 6.10 Å². The van der Waals surface area contributed by atoms with Gasteiger partial charge in [0.15, 0.2) is 11.1 Å². The predicted octanol–water partition coefficient (Wildman–Crippen LogP) is 2.83. The van der Waals surface area contributed by atoms with E-state index in [2.05, 4.69) is 20.8 Å². The molecule has 0 spiro atoms. The van der Waals surface area contributed by atoms with Gasteiger partial charge in [-0.05, 0) is 11.5 Å². The molecule has 14 heavy (non-hydrogen) atoms. The molecule has 2 nitrogen and oxygen atoms in total. The molecule has 0 N–H and O–H groups in total. The lowest BCUT2D eigenvalue weighted by Crippen LogP contribution is -2.17. The van der Waals surface area contributed by atoms with E-state index >= 15 is 0 Å². The third-order valence-electron chi connectivity index (χ3n) is 2.35. The van der Waals surface area contributed by atoms with Gasteiger partial charge in [0, 0.05) is 5.56 Å². The van der Waals surface area contributed by atoms with Crippen molar-refractivity contribution in [2.75, 3.05) is 0 Å². The highest BCUT2D eigenvalue weighted by molar-refractivity contribution is 7.80. The van der Waals surface area contributed by atoms with Crippen LogP contribution < -0.4 is 0 Å². The van der Waals surface area contributed by atoms with Crippen LogP contribution in [0.15, 0.2) is 29.2 Å². The van der Waals surface area contributed by atoms with E-state index in [1.807, 2.05) is 24.3 Å². The summed E-state index contributed by atoms with van der Waals surface area (Å²) in [4.78, 5) is 0.826. The fourth-order valence-corrected chi connectivity index (χ4v) is 2.88. The summed E-state index contributed by atoms with van der Waals surface area (Å²) in [5.41, 5.74) is 1.06. The van der Waals surface area contributed by atoms with E-state index in [0.29, 0.717) is 0 Å². The van der Waals surface area contributed by atoms with Crippen molar-refractivity contribution in [1.29, 1.82) is 0 Å². The van der Waals surface area contributed by atoms with Gasteiger partial charge in [0.25, 0.3) is 0 Å². The molecule has 0 bridgehead atoms. The number of benzene rings is 1. The molecule has 0 saturated heterocycles. The quantitative estimate of drug-likeness (QED) is 0.658. The fourth-order valence-electron chi connectivity index (χ4n) is 1.65. The molecule has 1 heterocycles. The third-order valence-corrected chi connectivity index (χ3v) is 3.45. The highest BCUT2D eigenvalue weighted by atomic mass is 32.2. The lowest BCUT2D eigenvalue weighted by atomic mass is 9.85. The average Bonchev–Trinajstić information content (AvgIpc) is 2.44. The monoisotopic (exact) mass is 210 g/mol. The molecule has 2 rings (SSSR count). The minimum Gasteiger partial charge on any atom is -0.278 e. The first-order chi connectivity index (χ1) is 6.50. The normalized spacial score (nSPS) is 26.2. The van der Waals surface area contributed by atoms with Gasteiger partial charge < -0.3 is 0 Å². The molecule has 0 aromatic heterocycles. The second kappa shape index (κ2) is 3.17. The largest absolute Gasteiger partial charge is 0.278 e. The molecule has 0 amide bonds. The molecular weight excluding hydrogens is 196 g/mol. The molecule has 0 radical (unpaired) electrons. The van der Waals surface area contributed by atoms with E-state index in [9.17, 15) is 4.21 Å². The Bertz CT molecular complexity index is 379. The lowest BCUT2D eigenvalue weighted by Gasteiger charge is -2.25. The maximum Gasteiger partial charge on any atom is 0.190 e. The topological polar surface area (TPSA) is 26.3 Å². The Morgan fingerprint density at radius 3 is 2.57 bits per heavy atom. The zero-order valence-corrected chi connectivity index (χ0v) is 9.43. The Labute approximate surface area is 86.9 Å². The summed E-state index contributed by atoms with van der Waals surface area (Å²) in [6, 6.07) is 7.72. The van der Waals surface area contributed by atoms with Crippen molar-refractivity contribution in [2.24, 2.45) is 5.41 Å². The van der Waals surface area contributed by atoms with E-state index in [-0.39, 0.29) is 11.5 Å². The van der Waals surface area contributed by atoms with Crippen LogP contribution in [-0.4, -0.2) is 4.21 Å². The van der Waals surface area contributed by atoms with E-state index in [4.69, 9.17) is 4.18 Å². The number of hydrogen-bond donors (Lipinski definition) is 0. The second-order valence-corrected chi connectivity index (χ2v) is 5.72. The highest BCUT2D eigenvalue weighted by Gasteiger charge is 2.37. The summed E-state index contributed by atoms with van der Waals surface area (Å²) in [6.07, 6.45) is -0.0560. The standard InChI is InChI=1S/C11H14O2S/c1-11(2,3)10-8-6-4-5-7-9(8)14(12)13-10/h4-7,10H,1-3H3. The second-order valence-electron chi connectivity index (χ2n) is 4.61. The van der Waals surface area contributed by atoms with Crippen molar-refractivity contribution in [3.63, 3.8) is 0 Å². The van der Waals surface area contributed by atoms with Gasteiger partial charge in [0.05, 0.1) is 4.90 Å². The third kappa shape index (κ3) is 1.51. The molecule has 0 aliphatic carbocycles. The predicted molar refractivity (Wildman–Crippen MR) is 56.1 cm³/mol. The van der Waals surface area contributed by atoms with E-state index in [0.717, 1.165) is 10.5 Å². The van der Waals surface area contributed by atoms with Crippen LogP contribution >= 0.6 is 0 Å². The van der Waals surface area contributed by atoms with Crippen molar-refractivity contribution in [1.82, 2.24) is 0 Å². The first-order valence-electron chi connectivity index (χ1n) is 4.68. The van der Waals surface area contributed by atoms with E-state index in [1.165, 1.54) is 0 Å². The van der Waals surface area contributed by atoms with Gasteiger partial charge in [-0.3, -0.25) is 4.18 Å². The molecular formula is C11H14O2S. The van der Waals surface area contributed by atoms with Crippen LogP contribution in [0.25, 0.3) is 0 Å². The summed E-state index contributed by atoms with van der Waals surface area (Å²) in [6.45, 7) is 6.28. The van der Waals surface area contributed by atoms with Crippen LogP contribution in [0.5, 0.6) is 0 Å². The minimum absolute atomic E-state index is 0.0116.